The molecular weight excluding hydrogens is 679 g/mol. The van der Waals surface area contributed by atoms with Crippen molar-refractivity contribution in [2.75, 3.05) is 0 Å². The van der Waals surface area contributed by atoms with Gasteiger partial charge in [0.1, 0.15) is 0 Å². The molecule has 1 unspecified atom stereocenters. The van der Waals surface area contributed by atoms with Crippen LogP contribution in [0, 0.1) is 5.92 Å². The van der Waals surface area contributed by atoms with Crippen molar-refractivity contribution in [2.24, 2.45) is 5.92 Å². The molecule has 0 amide bonds. The topological polar surface area (TPSA) is 0 Å². The predicted octanol–water partition coefficient (Wildman–Crippen LogP) is 6.58. The molecule has 0 N–H and O–H groups in total. The van der Waals surface area contributed by atoms with Crippen molar-refractivity contribution in [2.45, 2.75) is 135 Å². The Balaban J connectivity index is 0.00000240. The minimum atomic E-state index is -2.43. The van der Waals surface area contributed by atoms with Gasteiger partial charge in [0.05, 0.1) is 0 Å². The molecule has 46 heavy (non-hydrogen) atoms. The van der Waals surface area contributed by atoms with Gasteiger partial charge in [0, 0.05) is 0 Å². The standard InChI is InChI=1S/C27H29.C9H18.C7H9.2ClH.Zr/c1-16-7-9-26(3,4)24-12-18-11-19-13-25-21(17(2)8-10-27(25,5)6)15-23(19)22(18)14-20(16)24;1-3-5-7-9-8-6-4-2;1-6-3-4-7(2)5-6;;;/h7-8,11-15H,9-10H2,1-6H3;3-8H2,1-2H3;3,5,7H,1-2H3;2*1H;/q;;;;;+2/p-2. The summed E-state index contributed by atoms with van der Waals surface area (Å²) in [4.78, 5) is 0. The smallest absolute Gasteiger partial charge is 1.00 e. The van der Waals surface area contributed by atoms with E-state index in [9.17, 15) is 0 Å². The SMILES string of the molecule is CCCC[C](CCCC)=[Zr+2]([C]1=CC(C)=CC1C)[CH]1c2cc3c(cc2-c2cc4c(cc21)C(C)(C)CC=C4C)C(C)=CCC3(C)C.[Cl-].[Cl-]. The number of rotatable bonds is 8. The number of hydrogen-bond donors (Lipinski definition) is 0. The van der Waals surface area contributed by atoms with Gasteiger partial charge in [-0.1, -0.05) is 0 Å². The number of allylic oxidation sites excluding steroid dienone is 8. The van der Waals surface area contributed by atoms with E-state index in [0.717, 1.165) is 12.8 Å². The van der Waals surface area contributed by atoms with Crippen LogP contribution in [0.5, 0.6) is 0 Å². The normalized spacial score (nSPS) is 19.9. The van der Waals surface area contributed by atoms with E-state index in [0.29, 0.717) is 9.54 Å². The van der Waals surface area contributed by atoms with E-state index in [-0.39, 0.29) is 35.6 Å². The molecule has 0 bridgehead atoms. The molecule has 0 saturated heterocycles. The molecule has 0 radical (unpaired) electrons. The van der Waals surface area contributed by atoms with Crippen LogP contribution >= 0.6 is 0 Å². The third-order valence-electron chi connectivity index (χ3n) is 11.5. The summed E-state index contributed by atoms with van der Waals surface area (Å²) in [6, 6.07) is 10.8. The van der Waals surface area contributed by atoms with Crippen LogP contribution in [-0.4, -0.2) is 3.21 Å². The Hall–Kier alpha value is -1.27. The average molecular weight is 735 g/mol. The van der Waals surface area contributed by atoms with E-state index >= 15 is 0 Å². The van der Waals surface area contributed by atoms with Gasteiger partial charge in [-0.05, 0) is 0 Å². The van der Waals surface area contributed by atoms with Crippen LogP contribution in [0.25, 0.3) is 22.3 Å². The van der Waals surface area contributed by atoms with Gasteiger partial charge in [-0.3, -0.25) is 0 Å². The zero-order valence-corrected chi connectivity index (χ0v) is 34.2. The Labute approximate surface area is 301 Å². The summed E-state index contributed by atoms with van der Waals surface area (Å²) < 4.78 is 4.43. The molecule has 246 valence electrons. The molecule has 6 rings (SSSR count). The summed E-state index contributed by atoms with van der Waals surface area (Å²) in [5.41, 5.74) is 17.4. The van der Waals surface area contributed by atoms with Gasteiger partial charge in [-0.2, -0.15) is 0 Å². The third kappa shape index (κ3) is 6.53. The van der Waals surface area contributed by atoms with Crippen molar-refractivity contribution in [3.8, 4) is 11.1 Å². The largest absolute Gasteiger partial charge is 1.00 e. The first-order chi connectivity index (χ1) is 20.9. The molecular formula is C43H56Cl2Zr. The van der Waals surface area contributed by atoms with Crippen LogP contribution in [0.1, 0.15) is 158 Å². The molecule has 4 aliphatic rings. The zero-order chi connectivity index (χ0) is 31.6. The molecule has 0 fully saturated rings. The van der Waals surface area contributed by atoms with E-state index in [2.05, 4.69) is 118 Å². The third-order valence-corrected chi connectivity index (χ3v) is 20.5. The summed E-state index contributed by atoms with van der Waals surface area (Å²) in [6.07, 6.45) is 20.4. The van der Waals surface area contributed by atoms with Crippen molar-refractivity contribution in [3.05, 3.63) is 90.8 Å². The summed E-state index contributed by atoms with van der Waals surface area (Å²) in [6.45, 7) is 24.2. The Morgan fingerprint density at radius 2 is 1.17 bits per heavy atom. The number of hydrogen-bond acceptors (Lipinski definition) is 0. The molecule has 0 heterocycles. The van der Waals surface area contributed by atoms with E-state index in [1.807, 2.05) is 6.49 Å². The molecule has 0 saturated carbocycles. The molecule has 2 aromatic carbocycles. The van der Waals surface area contributed by atoms with Crippen molar-refractivity contribution in [1.82, 2.24) is 0 Å². The van der Waals surface area contributed by atoms with Gasteiger partial charge in [0.2, 0.25) is 0 Å². The Kier molecular flexibility index (Phi) is 11.7. The molecule has 1 atom stereocenters. The van der Waals surface area contributed by atoms with Gasteiger partial charge in [-0.15, -0.1) is 0 Å². The first-order valence-corrected chi connectivity index (χ1v) is 21.6. The van der Waals surface area contributed by atoms with Crippen molar-refractivity contribution < 1.29 is 46.1 Å². The fourth-order valence-corrected chi connectivity index (χ4v) is 18.7. The minimum Gasteiger partial charge on any atom is -1.00 e. The first kappa shape index (κ1) is 37.6. The van der Waals surface area contributed by atoms with Gasteiger partial charge in [-0.25, -0.2) is 0 Å². The van der Waals surface area contributed by atoms with E-state index in [4.69, 9.17) is 0 Å². The number of halogens is 2. The predicted molar refractivity (Wildman–Crippen MR) is 191 cm³/mol. The van der Waals surface area contributed by atoms with Gasteiger partial charge in [0.25, 0.3) is 0 Å². The van der Waals surface area contributed by atoms with Crippen LogP contribution in [0.2, 0.25) is 0 Å². The fraction of sp³-hybridized carbons (Fsp3) is 0.512. The molecule has 2 aromatic rings. The molecule has 0 nitrogen and oxygen atoms in total. The number of unbranched alkanes of at least 4 members (excludes halogenated alkanes) is 2. The molecule has 0 aromatic heterocycles. The summed E-state index contributed by atoms with van der Waals surface area (Å²) in [7, 11) is 0. The van der Waals surface area contributed by atoms with Crippen molar-refractivity contribution in [1.29, 1.82) is 0 Å². The minimum absolute atomic E-state index is 0. The van der Waals surface area contributed by atoms with Crippen LogP contribution < -0.4 is 24.8 Å². The van der Waals surface area contributed by atoms with E-state index in [1.54, 1.807) is 33.4 Å². The number of benzene rings is 2. The maximum absolute atomic E-state index is 2.75. The average Bonchev–Trinajstić information content (AvgIpc) is 3.48. The van der Waals surface area contributed by atoms with E-state index in [1.165, 1.54) is 66.4 Å². The Bertz CT molecular complexity index is 1580. The van der Waals surface area contributed by atoms with Crippen molar-refractivity contribution >= 4 is 14.4 Å². The quantitative estimate of drug-likeness (QED) is 0.288. The van der Waals surface area contributed by atoms with E-state index < -0.39 is 21.3 Å². The molecule has 4 aliphatic carbocycles. The van der Waals surface area contributed by atoms with Gasteiger partial charge >= 0.3 is 279 Å². The Morgan fingerprint density at radius 1 is 0.717 bits per heavy atom. The first-order valence-electron chi connectivity index (χ1n) is 17.7. The fourth-order valence-electron chi connectivity index (χ4n) is 8.67. The second-order valence-corrected chi connectivity index (χ2v) is 22.5. The monoisotopic (exact) mass is 732 g/mol. The van der Waals surface area contributed by atoms with Crippen LogP contribution in [0.15, 0.2) is 57.4 Å². The summed E-state index contributed by atoms with van der Waals surface area (Å²) in [5, 5.41) is 0. The number of fused-ring (bicyclic) bond motifs is 5. The van der Waals surface area contributed by atoms with Crippen LogP contribution in [-0.2, 0) is 32.1 Å². The van der Waals surface area contributed by atoms with Gasteiger partial charge < -0.3 is 24.8 Å². The van der Waals surface area contributed by atoms with Gasteiger partial charge in [0.15, 0.2) is 0 Å². The summed E-state index contributed by atoms with van der Waals surface area (Å²) in [5.74, 6) is 0.577. The summed E-state index contributed by atoms with van der Waals surface area (Å²) >= 11 is -2.43. The maximum atomic E-state index is 2.75. The molecule has 0 aliphatic heterocycles. The molecule has 3 heteroatoms. The van der Waals surface area contributed by atoms with Crippen molar-refractivity contribution in [3.63, 3.8) is 0 Å². The Morgan fingerprint density at radius 3 is 1.57 bits per heavy atom. The molecule has 0 spiro atoms. The second-order valence-electron chi connectivity index (χ2n) is 15.9. The maximum Gasteiger partial charge on any atom is -1.00 e. The van der Waals surface area contributed by atoms with Crippen LogP contribution in [0.3, 0.4) is 0 Å². The second kappa shape index (κ2) is 14.3. The van der Waals surface area contributed by atoms with Crippen LogP contribution in [0.4, 0.5) is 0 Å². The zero-order valence-electron chi connectivity index (χ0n) is 30.2.